The lowest BCUT2D eigenvalue weighted by molar-refractivity contribution is -0.143. The topological polar surface area (TPSA) is 95.1 Å². The lowest BCUT2D eigenvalue weighted by atomic mass is 9.80. The van der Waals surface area contributed by atoms with Crippen LogP contribution in [-0.4, -0.2) is 11.5 Å². The van der Waals surface area contributed by atoms with Crippen LogP contribution in [0, 0.1) is 22.7 Å². The number of amides is 1. The molecule has 6 heteroatoms. The van der Waals surface area contributed by atoms with Gasteiger partial charge in [-0.05, 0) is 6.07 Å². The van der Waals surface area contributed by atoms with Gasteiger partial charge in [0.2, 0.25) is 5.60 Å². The van der Waals surface area contributed by atoms with Crippen molar-refractivity contribution in [3.63, 3.8) is 0 Å². The minimum Gasteiger partial charge on any atom is -0.323 e. The Morgan fingerprint density at radius 3 is 2.33 bits per heavy atom. The van der Waals surface area contributed by atoms with Crippen molar-refractivity contribution in [2.45, 2.75) is 17.5 Å². The number of rotatable bonds is 1. The normalized spacial score (nSPS) is 26.4. The van der Waals surface area contributed by atoms with Crippen molar-refractivity contribution in [3.8, 4) is 12.1 Å². The first kappa shape index (κ1) is 14.4. The van der Waals surface area contributed by atoms with E-state index in [4.69, 9.17) is 9.47 Å². The number of fused-ring (bicyclic) bond motifs is 2. The quantitative estimate of drug-likeness (QED) is 0.871. The van der Waals surface area contributed by atoms with Crippen molar-refractivity contribution in [1.29, 1.82) is 10.5 Å². The van der Waals surface area contributed by atoms with E-state index in [1.165, 1.54) is 0 Å². The van der Waals surface area contributed by atoms with Gasteiger partial charge in [-0.2, -0.15) is 10.5 Å². The fraction of sp³-hybridized carbons (Fsp3) is 0.167. The Labute approximate surface area is 137 Å². The summed E-state index contributed by atoms with van der Waals surface area (Å²) in [5.41, 5.74) is -2.34. The third kappa shape index (κ3) is 1.61. The molecule has 1 spiro atoms. The molecule has 1 fully saturated rings. The second-order valence-electron chi connectivity index (χ2n) is 5.56. The molecule has 2 aliphatic rings. The molecule has 1 saturated heterocycles. The summed E-state index contributed by atoms with van der Waals surface area (Å²) in [6, 6.07) is 19.5. The molecule has 0 aromatic heterocycles. The van der Waals surface area contributed by atoms with Gasteiger partial charge in [0.1, 0.15) is 12.1 Å². The average Bonchev–Trinajstić information content (AvgIpc) is 3.13. The van der Waals surface area contributed by atoms with E-state index in [9.17, 15) is 15.3 Å². The molecule has 6 nitrogen and oxygen atoms in total. The standard InChI is InChI=1S/C18H11N3O3/c19-10-17(11-20)18(13-8-4-5-9-14(13)21-16(18)22)24-15(23-17)12-6-2-1-3-7-12/h1-9,15H,(H,21,22)/t15-,18-/m0/s1. The van der Waals surface area contributed by atoms with E-state index in [0.717, 1.165) is 0 Å². The molecule has 0 bridgehead atoms. The van der Waals surface area contributed by atoms with Crippen LogP contribution in [0.15, 0.2) is 54.6 Å². The predicted octanol–water partition coefficient (Wildman–Crippen LogP) is 2.37. The third-order valence-corrected chi connectivity index (χ3v) is 4.32. The van der Waals surface area contributed by atoms with Crippen molar-refractivity contribution in [2.75, 3.05) is 5.32 Å². The summed E-state index contributed by atoms with van der Waals surface area (Å²) in [6.45, 7) is 0. The molecular formula is C18H11N3O3. The number of carbonyl (C=O) groups excluding carboxylic acids is 1. The molecule has 0 aliphatic carbocycles. The molecule has 0 radical (unpaired) electrons. The summed E-state index contributed by atoms with van der Waals surface area (Å²) in [5, 5.41) is 22.1. The molecule has 2 aliphatic heterocycles. The van der Waals surface area contributed by atoms with Crippen LogP contribution < -0.4 is 5.32 Å². The number of benzene rings is 2. The number of nitrogens with one attached hydrogen (secondary N) is 1. The zero-order valence-electron chi connectivity index (χ0n) is 12.4. The van der Waals surface area contributed by atoms with Crippen LogP contribution in [0.4, 0.5) is 5.69 Å². The molecule has 0 unspecified atom stereocenters. The SMILES string of the molecule is N#CC1(C#N)O[C@H](c2ccccc2)O[C@@]12C(=O)Nc1ccccc12. The predicted molar refractivity (Wildman–Crippen MR) is 82.1 cm³/mol. The zero-order valence-corrected chi connectivity index (χ0v) is 12.4. The first-order valence-electron chi connectivity index (χ1n) is 7.31. The van der Waals surface area contributed by atoms with Crippen LogP contribution in [0.25, 0.3) is 0 Å². The van der Waals surface area contributed by atoms with Gasteiger partial charge in [-0.3, -0.25) is 4.79 Å². The summed E-state index contributed by atoms with van der Waals surface area (Å²) in [7, 11) is 0. The second kappa shape index (κ2) is 4.90. The molecule has 2 aromatic carbocycles. The van der Waals surface area contributed by atoms with Gasteiger partial charge in [-0.1, -0.05) is 48.5 Å². The molecular weight excluding hydrogens is 306 g/mol. The largest absolute Gasteiger partial charge is 0.323 e. The monoisotopic (exact) mass is 317 g/mol. The fourth-order valence-corrected chi connectivity index (χ4v) is 3.19. The Morgan fingerprint density at radius 2 is 1.62 bits per heavy atom. The Balaban J connectivity index is 1.93. The van der Waals surface area contributed by atoms with Crippen LogP contribution in [-0.2, 0) is 19.9 Å². The maximum Gasteiger partial charge on any atom is 0.286 e. The highest BCUT2D eigenvalue weighted by Gasteiger charge is 2.71. The van der Waals surface area contributed by atoms with E-state index in [2.05, 4.69) is 5.32 Å². The molecule has 1 amide bonds. The van der Waals surface area contributed by atoms with Gasteiger partial charge in [0.15, 0.2) is 6.29 Å². The van der Waals surface area contributed by atoms with E-state index in [1.807, 2.05) is 18.2 Å². The summed E-state index contributed by atoms with van der Waals surface area (Å²) in [4.78, 5) is 12.7. The number of hydrogen-bond acceptors (Lipinski definition) is 5. The highest BCUT2D eigenvalue weighted by Crippen LogP contribution is 2.55. The minimum atomic E-state index is -2.08. The van der Waals surface area contributed by atoms with Crippen LogP contribution in [0.2, 0.25) is 0 Å². The van der Waals surface area contributed by atoms with Crippen LogP contribution in [0.1, 0.15) is 17.4 Å². The smallest absolute Gasteiger partial charge is 0.286 e. The first-order valence-corrected chi connectivity index (χ1v) is 7.31. The minimum absolute atomic E-state index is 0.427. The first-order chi connectivity index (χ1) is 11.7. The Bertz CT molecular complexity index is 899. The average molecular weight is 317 g/mol. The molecule has 116 valence electrons. The number of carbonyl (C=O) groups is 1. The van der Waals surface area contributed by atoms with E-state index in [1.54, 1.807) is 48.5 Å². The Kier molecular flexibility index (Phi) is 2.94. The van der Waals surface area contributed by atoms with E-state index in [-0.39, 0.29) is 0 Å². The summed E-state index contributed by atoms with van der Waals surface area (Å²) >= 11 is 0. The third-order valence-electron chi connectivity index (χ3n) is 4.32. The number of nitrogens with zero attached hydrogens (tertiary/aromatic N) is 2. The second-order valence-corrected chi connectivity index (χ2v) is 5.56. The fourth-order valence-electron chi connectivity index (χ4n) is 3.19. The van der Waals surface area contributed by atoms with Crippen molar-refractivity contribution >= 4 is 11.6 Å². The van der Waals surface area contributed by atoms with Gasteiger partial charge < -0.3 is 14.8 Å². The van der Waals surface area contributed by atoms with Crippen LogP contribution >= 0.6 is 0 Å². The summed E-state index contributed by atoms with van der Waals surface area (Å²) < 4.78 is 11.6. The molecule has 24 heavy (non-hydrogen) atoms. The number of nitriles is 2. The van der Waals surface area contributed by atoms with Crippen molar-refractivity contribution < 1.29 is 14.3 Å². The summed E-state index contributed by atoms with van der Waals surface area (Å²) in [6.07, 6.45) is -0.998. The van der Waals surface area contributed by atoms with Gasteiger partial charge in [-0.25, -0.2) is 0 Å². The molecule has 0 saturated carbocycles. The molecule has 2 aromatic rings. The van der Waals surface area contributed by atoms with Crippen molar-refractivity contribution in [2.24, 2.45) is 0 Å². The Morgan fingerprint density at radius 1 is 0.958 bits per heavy atom. The highest BCUT2D eigenvalue weighted by atomic mass is 16.8. The lowest BCUT2D eigenvalue weighted by Crippen LogP contribution is -2.52. The van der Waals surface area contributed by atoms with Gasteiger partial charge in [0, 0.05) is 16.8 Å². The number of anilines is 1. The summed E-state index contributed by atoms with van der Waals surface area (Å²) in [5.74, 6) is -0.578. The lowest BCUT2D eigenvalue weighted by Gasteiger charge is -2.27. The van der Waals surface area contributed by atoms with Gasteiger partial charge in [0.25, 0.3) is 11.5 Å². The van der Waals surface area contributed by atoms with Crippen LogP contribution in [0.5, 0.6) is 0 Å². The Hall–Kier alpha value is -3.19. The van der Waals surface area contributed by atoms with Crippen LogP contribution in [0.3, 0.4) is 0 Å². The zero-order chi connectivity index (χ0) is 16.8. The van der Waals surface area contributed by atoms with Gasteiger partial charge in [0.05, 0.1) is 0 Å². The maximum atomic E-state index is 12.7. The number of hydrogen-bond donors (Lipinski definition) is 1. The molecule has 1 N–H and O–H groups in total. The van der Waals surface area contributed by atoms with Crippen molar-refractivity contribution in [1.82, 2.24) is 0 Å². The van der Waals surface area contributed by atoms with Gasteiger partial charge >= 0.3 is 0 Å². The van der Waals surface area contributed by atoms with E-state index < -0.39 is 23.4 Å². The van der Waals surface area contributed by atoms with Crippen molar-refractivity contribution in [3.05, 3.63) is 65.7 Å². The maximum absolute atomic E-state index is 12.7. The van der Waals surface area contributed by atoms with Gasteiger partial charge in [-0.15, -0.1) is 0 Å². The highest BCUT2D eigenvalue weighted by molar-refractivity contribution is 6.07. The molecule has 4 rings (SSSR count). The van der Waals surface area contributed by atoms with E-state index >= 15 is 0 Å². The molecule has 2 heterocycles. The number of ether oxygens (including phenoxy) is 2. The molecule has 2 atom stereocenters. The number of para-hydroxylation sites is 1. The van der Waals surface area contributed by atoms with E-state index in [0.29, 0.717) is 16.8 Å².